The Morgan fingerprint density at radius 1 is 1.00 bits per heavy atom. The molecule has 0 N–H and O–H groups in total. The van der Waals surface area contributed by atoms with Gasteiger partial charge in [-0.3, -0.25) is 4.90 Å². The fourth-order valence-electron chi connectivity index (χ4n) is 3.34. The van der Waals surface area contributed by atoms with E-state index in [2.05, 4.69) is 27.7 Å². The van der Waals surface area contributed by atoms with Gasteiger partial charge < -0.3 is 14.0 Å². The van der Waals surface area contributed by atoms with Crippen LogP contribution in [0.5, 0.6) is 5.75 Å². The molecular weight excluding hydrogens is 331 g/mol. The summed E-state index contributed by atoms with van der Waals surface area (Å²) in [4.78, 5) is 2.42. The van der Waals surface area contributed by atoms with E-state index in [0.29, 0.717) is 6.61 Å². The third kappa shape index (κ3) is 3.89. The Hall–Kier alpha value is -2.37. The lowest BCUT2D eigenvalue weighted by Gasteiger charge is -2.26. The third-order valence-electron chi connectivity index (χ3n) is 4.76. The van der Waals surface area contributed by atoms with Gasteiger partial charge in [0.15, 0.2) is 0 Å². The highest BCUT2D eigenvalue weighted by atomic mass is 19.1. The maximum atomic E-state index is 13.1. The van der Waals surface area contributed by atoms with Crippen molar-refractivity contribution in [3.05, 3.63) is 60.5 Å². The summed E-state index contributed by atoms with van der Waals surface area (Å²) in [5.74, 6) is 0.661. The van der Waals surface area contributed by atoms with Gasteiger partial charge in [0.25, 0.3) is 0 Å². The van der Waals surface area contributed by atoms with Crippen molar-refractivity contribution in [2.24, 2.45) is 0 Å². The lowest BCUT2D eigenvalue weighted by Crippen LogP contribution is -2.37. The molecule has 0 amide bonds. The molecule has 4 rings (SSSR count). The van der Waals surface area contributed by atoms with Gasteiger partial charge in [0.1, 0.15) is 11.6 Å². The van der Waals surface area contributed by atoms with Gasteiger partial charge in [-0.2, -0.15) is 0 Å². The van der Waals surface area contributed by atoms with Crippen LogP contribution in [0.1, 0.15) is 6.42 Å². The van der Waals surface area contributed by atoms with E-state index >= 15 is 0 Å². The smallest absolute Gasteiger partial charge is 0.123 e. The number of morpholine rings is 1. The van der Waals surface area contributed by atoms with Gasteiger partial charge in [0, 0.05) is 36.9 Å². The van der Waals surface area contributed by atoms with Crippen LogP contribution in [0.15, 0.2) is 54.7 Å². The summed E-state index contributed by atoms with van der Waals surface area (Å²) in [5.41, 5.74) is 2.03. The summed E-state index contributed by atoms with van der Waals surface area (Å²) in [6.45, 7) is 5.46. The molecule has 2 aromatic carbocycles. The summed E-state index contributed by atoms with van der Waals surface area (Å²) in [5, 5.41) is 1.11. The Morgan fingerprint density at radius 3 is 2.62 bits per heavy atom. The monoisotopic (exact) mass is 354 g/mol. The van der Waals surface area contributed by atoms with Gasteiger partial charge in [0.05, 0.1) is 25.3 Å². The van der Waals surface area contributed by atoms with Crippen molar-refractivity contribution in [3.63, 3.8) is 0 Å². The zero-order valence-electron chi connectivity index (χ0n) is 14.7. The lowest BCUT2D eigenvalue weighted by atomic mass is 10.2. The second kappa shape index (κ2) is 7.89. The SMILES string of the molecule is Fc1ccc(-n2ccc3cc(OCCCN4CCOCC4)ccc32)cc1. The number of halogens is 1. The van der Waals surface area contributed by atoms with Crippen LogP contribution in [-0.4, -0.2) is 48.9 Å². The number of nitrogens with zero attached hydrogens (tertiary/aromatic N) is 2. The van der Waals surface area contributed by atoms with Crippen molar-refractivity contribution in [2.45, 2.75) is 6.42 Å². The highest BCUT2D eigenvalue weighted by molar-refractivity contribution is 5.83. The molecule has 0 bridgehead atoms. The van der Waals surface area contributed by atoms with Crippen molar-refractivity contribution >= 4 is 10.9 Å². The molecule has 0 unspecified atom stereocenters. The first-order valence-electron chi connectivity index (χ1n) is 9.09. The zero-order valence-corrected chi connectivity index (χ0v) is 14.7. The van der Waals surface area contributed by atoms with Crippen LogP contribution in [-0.2, 0) is 4.74 Å². The van der Waals surface area contributed by atoms with Gasteiger partial charge in [-0.15, -0.1) is 0 Å². The van der Waals surface area contributed by atoms with Crippen LogP contribution in [0.2, 0.25) is 0 Å². The first-order chi connectivity index (χ1) is 12.8. The number of ether oxygens (including phenoxy) is 2. The number of aromatic nitrogens is 1. The normalized spacial score (nSPS) is 15.4. The summed E-state index contributed by atoms with van der Waals surface area (Å²) in [6.07, 6.45) is 3.01. The molecule has 26 heavy (non-hydrogen) atoms. The minimum Gasteiger partial charge on any atom is -0.494 e. The van der Waals surface area contributed by atoms with E-state index in [0.717, 1.165) is 61.6 Å². The Kier molecular flexibility index (Phi) is 5.18. The maximum Gasteiger partial charge on any atom is 0.123 e. The molecule has 0 aliphatic carbocycles. The molecule has 0 saturated carbocycles. The molecule has 1 aromatic heterocycles. The second-order valence-electron chi connectivity index (χ2n) is 6.54. The van der Waals surface area contributed by atoms with E-state index in [4.69, 9.17) is 9.47 Å². The molecule has 2 heterocycles. The Bertz CT molecular complexity index is 854. The van der Waals surface area contributed by atoms with Gasteiger partial charge >= 0.3 is 0 Å². The van der Waals surface area contributed by atoms with Crippen molar-refractivity contribution in [1.29, 1.82) is 0 Å². The van der Waals surface area contributed by atoms with E-state index in [9.17, 15) is 4.39 Å². The van der Waals surface area contributed by atoms with Gasteiger partial charge in [-0.25, -0.2) is 4.39 Å². The fourth-order valence-corrected chi connectivity index (χ4v) is 3.34. The van der Waals surface area contributed by atoms with E-state index in [-0.39, 0.29) is 5.82 Å². The van der Waals surface area contributed by atoms with Crippen molar-refractivity contribution < 1.29 is 13.9 Å². The second-order valence-corrected chi connectivity index (χ2v) is 6.54. The molecule has 1 aliphatic heterocycles. The quantitative estimate of drug-likeness (QED) is 0.629. The topological polar surface area (TPSA) is 26.6 Å². The fraction of sp³-hybridized carbons (Fsp3) is 0.333. The van der Waals surface area contributed by atoms with E-state index < -0.39 is 0 Å². The van der Waals surface area contributed by atoms with Crippen LogP contribution >= 0.6 is 0 Å². The molecule has 0 radical (unpaired) electrons. The molecule has 1 saturated heterocycles. The van der Waals surface area contributed by atoms with Gasteiger partial charge in [-0.1, -0.05) is 0 Å². The molecule has 5 heteroatoms. The highest BCUT2D eigenvalue weighted by Gasteiger charge is 2.09. The molecule has 4 nitrogen and oxygen atoms in total. The average molecular weight is 354 g/mol. The summed E-state index contributed by atoms with van der Waals surface area (Å²) < 4.78 is 26.5. The summed E-state index contributed by atoms with van der Waals surface area (Å²) in [7, 11) is 0. The Morgan fingerprint density at radius 2 is 1.81 bits per heavy atom. The minimum atomic E-state index is -0.224. The van der Waals surface area contributed by atoms with Gasteiger partial charge in [-0.05, 0) is 55.0 Å². The number of hydrogen-bond acceptors (Lipinski definition) is 3. The number of rotatable bonds is 6. The summed E-state index contributed by atoms with van der Waals surface area (Å²) in [6, 6.07) is 14.7. The van der Waals surface area contributed by atoms with Crippen molar-refractivity contribution in [3.8, 4) is 11.4 Å². The molecular formula is C21H23FN2O2. The number of fused-ring (bicyclic) bond motifs is 1. The first-order valence-corrected chi connectivity index (χ1v) is 9.09. The van der Waals surface area contributed by atoms with Gasteiger partial charge in [0.2, 0.25) is 0 Å². The van der Waals surface area contributed by atoms with Crippen molar-refractivity contribution in [1.82, 2.24) is 9.47 Å². The Balaban J connectivity index is 1.38. The highest BCUT2D eigenvalue weighted by Crippen LogP contribution is 2.25. The predicted molar refractivity (Wildman–Crippen MR) is 101 cm³/mol. The first kappa shape index (κ1) is 17.1. The zero-order chi connectivity index (χ0) is 17.8. The number of benzene rings is 2. The molecule has 136 valence electrons. The van der Waals surface area contributed by atoms with Crippen LogP contribution in [0.3, 0.4) is 0 Å². The van der Waals surface area contributed by atoms with Crippen LogP contribution in [0, 0.1) is 5.82 Å². The standard InChI is InChI=1S/C21H23FN2O2/c22-18-2-4-19(5-3-18)24-10-8-17-16-20(6-7-21(17)24)26-13-1-9-23-11-14-25-15-12-23/h2-8,10,16H,1,9,11-15H2. The molecule has 3 aromatic rings. The van der Waals surface area contributed by atoms with E-state index in [1.165, 1.54) is 12.1 Å². The largest absolute Gasteiger partial charge is 0.494 e. The minimum absolute atomic E-state index is 0.224. The van der Waals surface area contributed by atoms with Crippen LogP contribution in [0.4, 0.5) is 4.39 Å². The van der Waals surface area contributed by atoms with Crippen LogP contribution in [0.25, 0.3) is 16.6 Å². The molecule has 0 atom stereocenters. The maximum absolute atomic E-state index is 13.1. The Labute approximate surface area is 152 Å². The average Bonchev–Trinajstić information content (AvgIpc) is 3.10. The molecule has 1 fully saturated rings. The predicted octanol–water partition coefficient (Wildman–Crippen LogP) is 3.87. The summed E-state index contributed by atoms with van der Waals surface area (Å²) >= 11 is 0. The third-order valence-corrected chi connectivity index (χ3v) is 4.76. The molecule has 0 spiro atoms. The molecule has 1 aliphatic rings. The lowest BCUT2D eigenvalue weighted by molar-refractivity contribution is 0.0358. The van der Waals surface area contributed by atoms with E-state index in [1.807, 2.05) is 12.3 Å². The number of hydrogen-bond donors (Lipinski definition) is 0. The van der Waals surface area contributed by atoms with E-state index in [1.54, 1.807) is 12.1 Å². The van der Waals surface area contributed by atoms with Crippen molar-refractivity contribution in [2.75, 3.05) is 39.5 Å². The van der Waals surface area contributed by atoms with Crippen LogP contribution < -0.4 is 4.74 Å².